The first kappa shape index (κ1) is 21.0. The molecule has 1 saturated heterocycles. The fourth-order valence-corrected chi connectivity index (χ4v) is 2.44. The van der Waals surface area contributed by atoms with Crippen molar-refractivity contribution in [1.82, 2.24) is 0 Å². The summed E-state index contributed by atoms with van der Waals surface area (Å²) in [5.74, 6) is 0. The summed E-state index contributed by atoms with van der Waals surface area (Å²) >= 11 is 9.91. The zero-order chi connectivity index (χ0) is 8.16. The van der Waals surface area contributed by atoms with Gasteiger partial charge in [-0.1, -0.05) is 12.8 Å². The van der Waals surface area contributed by atoms with Crippen LogP contribution in [0.4, 0.5) is 0 Å². The van der Waals surface area contributed by atoms with Crippen LogP contribution in [0.5, 0.6) is 0 Å². The summed E-state index contributed by atoms with van der Waals surface area (Å²) in [7, 11) is -2.00. The largest absolute Gasteiger partial charge is 1.00 e. The molecule has 0 aromatic rings. The van der Waals surface area contributed by atoms with E-state index in [4.69, 9.17) is 30.7 Å². The van der Waals surface area contributed by atoms with Crippen LogP contribution in [0.3, 0.4) is 0 Å². The van der Waals surface area contributed by atoms with Crippen molar-refractivity contribution in [2.75, 3.05) is 13.2 Å². The van der Waals surface area contributed by atoms with Gasteiger partial charge in [0.05, 0.1) is 13.2 Å². The summed E-state index contributed by atoms with van der Waals surface area (Å²) in [6, 6.07) is 0. The summed E-state index contributed by atoms with van der Waals surface area (Å²) < 4.78 is 10.5. The van der Waals surface area contributed by atoms with Gasteiger partial charge in [-0.3, -0.25) is 8.37 Å². The molecule has 0 spiro atoms. The molecule has 14 heavy (non-hydrogen) atoms. The topological polar surface area (TPSA) is 81.5 Å². The standard InChI is InChI=1S/C6H12O2S3.Na.2H2O.H/c9-11(10)7-5-3-1-2-4-6-8-11;;;;/h1-6H2;;2*1H2;/q;+1;;;-1. The molecule has 0 atom stereocenters. The van der Waals surface area contributed by atoms with E-state index >= 15 is 0 Å². The Morgan fingerprint density at radius 2 is 1.21 bits per heavy atom. The number of hydrogen-bond donors (Lipinski definition) is 0. The van der Waals surface area contributed by atoms with Gasteiger partial charge in [-0.25, -0.2) is 0 Å². The Morgan fingerprint density at radius 1 is 0.857 bits per heavy atom. The number of hydrogen-bond acceptors (Lipinski definition) is 4. The monoisotopic (exact) mass is 272 g/mol. The minimum atomic E-state index is -2.00. The summed E-state index contributed by atoms with van der Waals surface area (Å²) in [5.41, 5.74) is 0. The molecule has 0 saturated carbocycles. The Hall–Kier alpha value is 1.63. The van der Waals surface area contributed by atoms with Crippen LogP contribution in [0.15, 0.2) is 0 Å². The van der Waals surface area contributed by atoms with Crippen molar-refractivity contribution in [3.63, 3.8) is 0 Å². The average molecular weight is 272 g/mol. The zero-order valence-corrected chi connectivity index (χ0v) is 12.7. The molecular weight excluding hydrogens is 255 g/mol. The molecule has 84 valence electrons. The van der Waals surface area contributed by atoms with Crippen LogP contribution in [-0.4, -0.2) is 24.2 Å². The van der Waals surface area contributed by atoms with Crippen LogP contribution in [-0.2, 0) is 38.5 Å². The Morgan fingerprint density at radius 3 is 1.57 bits per heavy atom. The maximum absolute atomic E-state index is 5.24. The predicted octanol–water partition coefficient (Wildman–Crippen LogP) is -3.03. The van der Waals surface area contributed by atoms with Crippen LogP contribution in [0.1, 0.15) is 27.1 Å². The van der Waals surface area contributed by atoms with Gasteiger partial charge in [0.15, 0.2) is 0 Å². The minimum absolute atomic E-state index is 0. The molecule has 1 aliphatic heterocycles. The second-order valence-electron chi connectivity index (χ2n) is 2.47. The molecule has 0 aliphatic carbocycles. The van der Waals surface area contributed by atoms with Crippen molar-refractivity contribution in [1.29, 1.82) is 0 Å². The molecule has 0 bridgehead atoms. The molecule has 0 radical (unpaired) electrons. The molecule has 1 fully saturated rings. The van der Waals surface area contributed by atoms with Gasteiger partial charge in [-0.15, -0.1) is 0 Å². The van der Waals surface area contributed by atoms with Gasteiger partial charge < -0.3 is 12.4 Å². The minimum Gasteiger partial charge on any atom is -1.00 e. The number of rotatable bonds is 0. The Kier molecular flexibility index (Phi) is 16.7. The van der Waals surface area contributed by atoms with E-state index in [1.54, 1.807) is 0 Å². The fraction of sp³-hybridized carbons (Fsp3) is 1.00. The third kappa shape index (κ3) is 10.2. The van der Waals surface area contributed by atoms with E-state index in [2.05, 4.69) is 0 Å². The van der Waals surface area contributed by atoms with Crippen molar-refractivity contribution < 1.29 is 50.3 Å². The molecule has 1 heterocycles. The van der Waals surface area contributed by atoms with E-state index in [0.717, 1.165) is 12.8 Å². The van der Waals surface area contributed by atoms with Crippen LogP contribution >= 0.6 is 0 Å². The zero-order valence-electron chi connectivity index (χ0n) is 9.28. The molecule has 0 aromatic carbocycles. The first-order valence-electron chi connectivity index (χ1n) is 3.74. The van der Waals surface area contributed by atoms with Gasteiger partial charge in [-0.05, 0) is 12.8 Å². The summed E-state index contributed by atoms with van der Waals surface area (Å²) in [5, 5.41) is 0. The first-order chi connectivity index (χ1) is 5.21. The SMILES string of the molecule is O.O.S=S1(=S)OCCCCCCO1.[H-].[Na+]. The van der Waals surface area contributed by atoms with Gasteiger partial charge in [-0.2, -0.15) is 0 Å². The van der Waals surface area contributed by atoms with Crippen LogP contribution in [0.25, 0.3) is 0 Å². The van der Waals surface area contributed by atoms with Gasteiger partial charge in [0.2, 0.25) is 0 Å². The van der Waals surface area contributed by atoms with Crippen molar-refractivity contribution in [3.05, 3.63) is 0 Å². The molecule has 4 N–H and O–H groups in total. The third-order valence-corrected chi connectivity index (χ3v) is 3.56. The van der Waals surface area contributed by atoms with Crippen molar-refractivity contribution in [3.8, 4) is 0 Å². The summed E-state index contributed by atoms with van der Waals surface area (Å²) in [6.45, 7) is 1.34. The van der Waals surface area contributed by atoms with Crippen molar-refractivity contribution >= 4 is 30.1 Å². The summed E-state index contributed by atoms with van der Waals surface area (Å²) in [4.78, 5) is 0. The fourth-order valence-electron chi connectivity index (χ4n) is 0.914. The van der Waals surface area contributed by atoms with Crippen molar-refractivity contribution in [2.45, 2.75) is 25.7 Å². The van der Waals surface area contributed by atoms with E-state index in [1.807, 2.05) is 0 Å². The van der Waals surface area contributed by atoms with E-state index in [9.17, 15) is 0 Å². The van der Waals surface area contributed by atoms with Gasteiger partial charge in [0, 0.05) is 22.4 Å². The normalized spacial score (nSPS) is 20.9. The van der Waals surface area contributed by atoms with Crippen LogP contribution in [0, 0.1) is 0 Å². The quantitative estimate of drug-likeness (QED) is 0.439. The first-order valence-corrected chi connectivity index (χ1v) is 7.08. The maximum atomic E-state index is 5.24. The maximum Gasteiger partial charge on any atom is 1.00 e. The Bertz CT molecular complexity index is 196. The molecule has 4 nitrogen and oxygen atoms in total. The molecule has 0 unspecified atom stereocenters. The van der Waals surface area contributed by atoms with E-state index in [-0.39, 0.29) is 41.9 Å². The predicted molar refractivity (Wildman–Crippen MR) is 60.8 cm³/mol. The second-order valence-corrected chi connectivity index (χ2v) is 7.02. The molecule has 8 heteroatoms. The van der Waals surface area contributed by atoms with Gasteiger partial charge in [0.1, 0.15) is 7.71 Å². The Balaban J connectivity index is -0.000000151. The van der Waals surface area contributed by atoms with Crippen LogP contribution in [0.2, 0.25) is 0 Å². The smallest absolute Gasteiger partial charge is 1.00 e. The average Bonchev–Trinajstić information content (AvgIpc) is 2.00. The molecular formula is C6H17NaO4S3. The van der Waals surface area contributed by atoms with Crippen LogP contribution < -0.4 is 29.6 Å². The Labute approximate surface area is 118 Å². The van der Waals surface area contributed by atoms with E-state index in [0.29, 0.717) is 13.2 Å². The molecule has 1 rings (SSSR count). The van der Waals surface area contributed by atoms with Gasteiger partial charge in [0.25, 0.3) is 0 Å². The molecule has 0 aromatic heterocycles. The molecule has 1 aliphatic rings. The van der Waals surface area contributed by atoms with E-state index < -0.39 is 7.71 Å². The third-order valence-electron chi connectivity index (χ3n) is 1.49. The van der Waals surface area contributed by atoms with Crippen molar-refractivity contribution in [2.24, 2.45) is 0 Å². The molecule has 0 amide bonds. The van der Waals surface area contributed by atoms with Gasteiger partial charge >= 0.3 is 29.6 Å². The van der Waals surface area contributed by atoms with E-state index in [1.165, 1.54) is 12.8 Å². The second kappa shape index (κ2) is 11.1. The summed E-state index contributed by atoms with van der Waals surface area (Å²) in [6.07, 6.45) is 4.52.